The molecule has 0 radical (unpaired) electrons. The van der Waals surface area contributed by atoms with Crippen LogP contribution in [-0.2, 0) is 11.3 Å². The van der Waals surface area contributed by atoms with E-state index < -0.39 is 11.7 Å². The molecule has 2 aromatic carbocycles. The second-order valence-corrected chi connectivity index (χ2v) is 4.28. The number of rotatable bonds is 4. The number of carbonyl (C=O) groups excluding carboxylic acids is 1. The van der Waals surface area contributed by atoms with Crippen molar-refractivity contribution in [2.24, 2.45) is 0 Å². The van der Waals surface area contributed by atoms with Crippen molar-refractivity contribution in [3.05, 3.63) is 59.4 Å². The van der Waals surface area contributed by atoms with E-state index in [9.17, 15) is 9.18 Å². The molecule has 0 unspecified atom stereocenters. The van der Waals surface area contributed by atoms with Crippen LogP contribution in [0.15, 0.2) is 42.5 Å². The van der Waals surface area contributed by atoms with E-state index in [1.54, 1.807) is 19.2 Å². The molecule has 0 atom stereocenters. The molecular weight excluding hydrogens is 259 g/mol. The Morgan fingerprint density at radius 2 is 2.05 bits per heavy atom. The molecule has 0 heterocycles. The number of nitrogen functional groups attached to an aromatic ring is 1. The first kappa shape index (κ1) is 14.0. The Bertz CT molecular complexity index is 629. The van der Waals surface area contributed by atoms with Crippen LogP contribution >= 0.6 is 0 Å². The zero-order chi connectivity index (χ0) is 14.5. The van der Waals surface area contributed by atoms with Gasteiger partial charge < -0.3 is 15.8 Å². The topological polar surface area (TPSA) is 64.3 Å². The normalized spacial score (nSPS) is 10.3. The summed E-state index contributed by atoms with van der Waals surface area (Å²) < 4.78 is 18.7. The van der Waals surface area contributed by atoms with Crippen LogP contribution in [0.25, 0.3) is 0 Å². The van der Waals surface area contributed by atoms with Crippen LogP contribution in [0.4, 0.5) is 15.8 Å². The minimum Gasteiger partial charge on any atom is -0.399 e. The van der Waals surface area contributed by atoms with E-state index >= 15 is 0 Å². The number of carbonyl (C=O) groups is 1. The van der Waals surface area contributed by atoms with E-state index in [-0.39, 0.29) is 5.56 Å². The zero-order valence-electron chi connectivity index (χ0n) is 11.0. The van der Waals surface area contributed by atoms with Crippen LogP contribution in [0.2, 0.25) is 0 Å². The van der Waals surface area contributed by atoms with Crippen LogP contribution in [0.1, 0.15) is 15.9 Å². The lowest BCUT2D eigenvalue weighted by molar-refractivity contribution is 0.102. The molecule has 0 aliphatic heterocycles. The third-order valence-corrected chi connectivity index (χ3v) is 2.80. The average Bonchev–Trinajstić information content (AvgIpc) is 2.44. The second-order valence-electron chi connectivity index (χ2n) is 4.28. The van der Waals surface area contributed by atoms with E-state index in [0.29, 0.717) is 18.0 Å². The smallest absolute Gasteiger partial charge is 0.258 e. The lowest BCUT2D eigenvalue weighted by atomic mass is 10.1. The highest BCUT2D eigenvalue weighted by molar-refractivity contribution is 6.05. The Morgan fingerprint density at radius 1 is 1.30 bits per heavy atom. The lowest BCUT2D eigenvalue weighted by Gasteiger charge is -2.11. The van der Waals surface area contributed by atoms with Gasteiger partial charge in [0.2, 0.25) is 0 Å². The molecule has 2 aromatic rings. The first-order valence-electron chi connectivity index (χ1n) is 6.05. The molecule has 0 saturated carbocycles. The summed E-state index contributed by atoms with van der Waals surface area (Å²) >= 11 is 0. The zero-order valence-corrected chi connectivity index (χ0v) is 11.0. The number of hydrogen-bond acceptors (Lipinski definition) is 3. The predicted molar refractivity (Wildman–Crippen MR) is 75.9 cm³/mol. The van der Waals surface area contributed by atoms with Gasteiger partial charge in [-0.05, 0) is 24.3 Å². The van der Waals surface area contributed by atoms with Gasteiger partial charge in [-0.3, -0.25) is 4.79 Å². The second kappa shape index (κ2) is 6.16. The molecule has 0 aromatic heterocycles. The van der Waals surface area contributed by atoms with Gasteiger partial charge in [0.15, 0.2) is 0 Å². The van der Waals surface area contributed by atoms with Gasteiger partial charge in [0.05, 0.1) is 12.2 Å². The van der Waals surface area contributed by atoms with E-state index in [2.05, 4.69) is 5.32 Å². The summed E-state index contributed by atoms with van der Waals surface area (Å²) in [5.74, 6) is -1.15. The Morgan fingerprint density at radius 3 is 2.80 bits per heavy atom. The first-order valence-corrected chi connectivity index (χ1v) is 6.05. The largest absolute Gasteiger partial charge is 0.399 e. The molecule has 1 amide bonds. The Labute approximate surface area is 116 Å². The summed E-state index contributed by atoms with van der Waals surface area (Å²) in [6, 6.07) is 11.1. The summed E-state index contributed by atoms with van der Waals surface area (Å²) in [4.78, 5) is 12.1. The third kappa shape index (κ3) is 3.13. The van der Waals surface area contributed by atoms with Crippen molar-refractivity contribution in [3.8, 4) is 0 Å². The highest BCUT2D eigenvalue weighted by atomic mass is 19.1. The van der Waals surface area contributed by atoms with Crippen LogP contribution in [0.3, 0.4) is 0 Å². The molecule has 5 heteroatoms. The van der Waals surface area contributed by atoms with Crippen LogP contribution in [0, 0.1) is 5.82 Å². The molecule has 4 nitrogen and oxygen atoms in total. The van der Waals surface area contributed by atoms with Crippen molar-refractivity contribution >= 4 is 17.3 Å². The minimum atomic E-state index is -0.610. The number of nitrogens with one attached hydrogen (secondary N) is 1. The number of para-hydroxylation sites is 1. The van der Waals surface area contributed by atoms with Gasteiger partial charge in [0.1, 0.15) is 5.82 Å². The van der Waals surface area contributed by atoms with E-state index in [1.165, 1.54) is 18.2 Å². The Hall–Kier alpha value is -2.40. The fourth-order valence-corrected chi connectivity index (χ4v) is 1.83. The molecule has 2 rings (SSSR count). The highest BCUT2D eigenvalue weighted by Crippen LogP contribution is 2.19. The van der Waals surface area contributed by atoms with Crippen LogP contribution < -0.4 is 11.1 Å². The molecule has 0 spiro atoms. The number of nitrogens with two attached hydrogens (primary N) is 1. The number of halogens is 1. The summed E-state index contributed by atoms with van der Waals surface area (Å²) in [5, 5.41) is 2.67. The quantitative estimate of drug-likeness (QED) is 0.843. The van der Waals surface area contributed by atoms with Crippen molar-refractivity contribution in [3.63, 3.8) is 0 Å². The van der Waals surface area contributed by atoms with E-state index in [4.69, 9.17) is 10.5 Å². The van der Waals surface area contributed by atoms with Crippen LogP contribution in [0.5, 0.6) is 0 Å². The maximum atomic E-state index is 13.6. The summed E-state index contributed by atoms with van der Waals surface area (Å²) in [6.45, 7) is 0.357. The van der Waals surface area contributed by atoms with Gasteiger partial charge in [-0.15, -0.1) is 0 Å². The Kier molecular flexibility index (Phi) is 4.32. The SMILES string of the molecule is COCc1ccccc1NC(=O)c1cc(N)ccc1F. The number of methoxy groups -OCH3 is 1. The van der Waals surface area contributed by atoms with Crippen molar-refractivity contribution in [1.82, 2.24) is 0 Å². The van der Waals surface area contributed by atoms with Gasteiger partial charge in [0.25, 0.3) is 5.91 Å². The molecule has 0 aliphatic carbocycles. The average molecular weight is 274 g/mol. The molecule has 0 aliphatic rings. The summed E-state index contributed by atoms with van der Waals surface area (Å²) in [5.41, 5.74) is 7.22. The summed E-state index contributed by atoms with van der Waals surface area (Å²) in [6.07, 6.45) is 0. The van der Waals surface area contributed by atoms with Crippen molar-refractivity contribution in [1.29, 1.82) is 0 Å². The number of anilines is 2. The predicted octanol–water partition coefficient (Wildman–Crippen LogP) is 2.81. The molecule has 104 valence electrons. The maximum absolute atomic E-state index is 13.6. The van der Waals surface area contributed by atoms with E-state index in [0.717, 1.165) is 5.56 Å². The first-order chi connectivity index (χ1) is 9.61. The maximum Gasteiger partial charge on any atom is 0.258 e. The molecule has 0 saturated heterocycles. The van der Waals surface area contributed by atoms with Crippen LogP contribution in [-0.4, -0.2) is 13.0 Å². The van der Waals surface area contributed by atoms with Gasteiger partial charge in [-0.25, -0.2) is 4.39 Å². The molecule has 20 heavy (non-hydrogen) atoms. The Balaban J connectivity index is 2.26. The van der Waals surface area contributed by atoms with Gasteiger partial charge in [-0.2, -0.15) is 0 Å². The van der Waals surface area contributed by atoms with Gasteiger partial charge in [0, 0.05) is 24.0 Å². The highest BCUT2D eigenvalue weighted by Gasteiger charge is 2.13. The fourth-order valence-electron chi connectivity index (χ4n) is 1.83. The molecule has 3 N–H and O–H groups in total. The number of hydrogen-bond donors (Lipinski definition) is 2. The van der Waals surface area contributed by atoms with Crippen molar-refractivity contribution in [2.45, 2.75) is 6.61 Å². The van der Waals surface area contributed by atoms with Crippen molar-refractivity contribution in [2.75, 3.05) is 18.2 Å². The number of amides is 1. The molecular formula is C15H15FN2O2. The van der Waals surface area contributed by atoms with Gasteiger partial charge in [-0.1, -0.05) is 18.2 Å². The van der Waals surface area contributed by atoms with Crippen molar-refractivity contribution < 1.29 is 13.9 Å². The van der Waals surface area contributed by atoms with Gasteiger partial charge >= 0.3 is 0 Å². The van der Waals surface area contributed by atoms with E-state index in [1.807, 2.05) is 12.1 Å². The molecule has 0 fully saturated rings. The number of ether oxygens (including phenoxy) is 1. The lowest BCUT2D eigenvalue weighted by Crippen LogP contribution is -2.15. The standard InChI is InChI=1S/C15H15FN2O2/c1-20-9-10-4-2-3-5-14(10)18-15(19)12-8-11(17)6-7-13(12)16/h2-8H,9,17H2,1H3,(H,18,19). The third-order valence-electron chi connectivity index (χ3n) is 2.80. The molecule has 0 bridgehead atoms. The monoisotopic (exact) mass is 274 g/mol. The summed E-state index contributed by atoms with van der Waals surface area (Å²) in [7, 11) is 1.57. The minimum absolute atomic E-state index is 0.0859. The number of benzene rings is 2. The fraction of sp³-hybridized carbons (Fsp3) is 0.133.